The van der Waals surface area contributed by atoms with Gasteiger partial charge in [0, 0.05) is 13.1 Å². The van der Waals surface area contributed by atoms with Crippen LogP contribution in [0.4, 0.5) is 0 Å². The van der Waals surface area contributed by atoms with E-state index in [2.05, 4.69) is 21.8 Å². The molecule has 5 nitrogen and oxygen atoms in total. The SMILES string of the molecule is Cc1c(C(=O)NCC2=CCNCC2)cnn1-c1ccccc1Cl. The molecule has 6 heteroatoms. The molecule has 2 aromatic rings. The Morgan fingerprint density at radius 2 is 2.26 bits per heavy atom. The number of carbonyl (C=O) groups is 1. The van der Waals surface area contributed by atoms with Crippen LogP contribution in [0.15, 0.2) is 42.1 Å². The van der Waals surface area contributed by atoms with Crippen molar-refractivity contribution in [3.05, 3.63) is 58.4 Å². The fourth-order valence-electron chi connectivity index (χ4n) is 2.62. The van der Waals surface area contributed by atoms with Gasteiger partial charge in [0.05, 0.1) is 28.2 Å². The molecule has 23 heavy (non-hydrogen) atoms. The standard InChI is InChI=1S/C17H19ClN4O/c1-12-14(17(23)20-10-13-6-8-19-9-7-13)11-21-22(12)16-5-3-2-4-15(16)18/h2-6,11,19H,7-10H2,1H3,(H,20,23). The maximum Gasteiger partial charge on any atom is 0.255 e. The zero-order valence-electron chi connectivity index (χ0n) is 13.0. The third-order valence-corrected chi connectivity index (χ3v) is 4.29. The monoisotopic (exact) mass is 330 g/mol. The number of nitrogens with zero attached hydrogens (tertiary/aromatic N) is 2. The van der Waals surface area contributed by atoms with Crippen molar-refractivity contribution < 1.29 is 4.79 Å². The van der Waals surface area contributed by atoms with Crippen LogP contribution >= 0.6 is 11.6 Å². The molecule has 1 aliphatic rings. The Labute approximate surface area is 140 Å². The van der Waals surface area contributed by atoms with E-state index in [4.69, 9.17) is 11.6 Å². The number of rotatable bonds is 4. The predicted octanol–water partition coefficient (Wildman–Crippen LogP) is 2.48. The van der Waals surface area contributed by atoms with Crippen molar-refractivity contribution in [3.63, 3.8) is 0 Å². The molecule has 1 aromatic heterocycles. The lowest BCUT2D eigenvalue weighted by atomic mass is 10.1. The molecule has 0 atom stereocenters. The van der Waals surface area contributed by atoms with Crippen LogP contribution in [0.1, 0.15) is 22.5 Å². The van der Waals surface area contributed by atoms with Gasteiger partial charge in [-0.25, -0.2) is 4.68 Å². The van der Waals surface area contributed by atoms with E-state index >= 15 is 0 Å². The Morgan fingerprint density at radius 1 is 1.43 bits per heavy atom. The lowest BCUT2D eigenvalue weighted by Gasteiger charge is -2.14. The molecule has 3 rings (SSSR count). The van der Waals surface area contributed by atoms with Crippen LogP contribution in [0.2, 0.25) is 5.02 Å². The molecule has 2 heterocycles. The summed E-state index contributed by atoms with van der Waals surface area (Å²) in [6.07, 6.45) is 4.69. The highest BCUT2D eigenvalue weighted by atomic mass is 35.5. The highest BCUT2D eigenvalue weighted by Gasteiger charge is 2.16. The number of hydrogen-bond donors (Lipinski definition) is 2. The van der Waals surface area contributed by atoms with E-state index in [-0.39, 0.29) is 5.91 Å². The van der Waals surface area contributed by atoms with Gasteiger partial charge in [-0.1, -0.05) is 35.4 Å². The lowest BCUT2D eigenvalue weighted by Crippen LogP contribution is -2.29. The molecule has 0 fully saturated rings. The second kappa shape index (κ2) is 6.98. The summed E-state index contributed by atoms with van der Waals surface area (Å²) in [5, 5.41) is 11.1. The number of carbonyl (C=O) groups excluding carboxylic acids is 1. The van der Waals surface area contributed by atoms with Gasteiger partial charge < -0.3 is 10.6 Å². The Kier molecular flexibility index (Phi) is 4.79. The first-order chi connectivity index (χ1) is 11.2. The highest BCUT2D eigenvalue weighted by Crippen LogP contribution is 2.22. The van der Waals surface area contributed by atoms with E-state index in [1.54, 1.807) is 16.9 Å². The molecule has 0 unspecified atom stereocenters. The van der Waals surface area contributed by atoms with Gasteiger partial charge in [0.15, 0.2) is 0 Å². The second-order valence-corrected chi connectivity index (χ2v) is 5.91. The number of aromatic nitrogens is 2. The Balaban J connectivity index is 1.75. The van der Waals surface area contributed by atoms with Gasteiger partial charge in [0.2, 0.25) is 0 Å². The molecular formula is C17H19ClN4O. The predicted molar refractivity (Wildman–Crippen MR) is 91.2 cm³/mol. The number of hydrogen-bond acceptors (Lipinski definition) is 3. The van der Waals surface area contributed by atoms with Crippen LogP contribution in [-0.4, -0.2) is 35.3 Å². The van der Waals surface area contributed by atoms with Crippen LogP contribution < -0.4 is 10.6 Å². The zero-order chi connectivity index (χ0) is 16.2. The second-order valence-electron chi connectivity index (χ2n) is 5.51. The summed E-state index contributed by atoms with van der Waals surface area (Å²) < 4.78 is 1.70. The summed E-state index contributed by atoms with van der Waals surface area (Å²) in [6, 6.07) is 7.45. The smallest absolute Gasteiger partial charge is 0.255 e. The summed E-state index contributed by atoms with van der Waals surface area (Å²) in [4.78, 5) is 12.4. The third kappa shape index (κ3) is 3.46. The normalized spacial score (nSPS) is 14.4. The van der Waals surface area contributed by atoms with Gasteiger partial charge in [0.25, 0.3) is 5.91 Å². The van der Waals surface area contributed by atoms with E-state index in [1.807, 2.05) is 25.1 Å². The summed E-state index contributed by atoms with van der Waals surface area (Å²) in [7, 11) is 0. The van der Waals surface area contributed by atoms with E-state index in [0.717, 1.165) is 30.9 Å². The van der Waals surface area contributed by atoms with E-state index in [9.17, 15) is 4.79 Å². The molecule has 1 aliphatic heterocycles. The lowest BCUT2D eigenvalue weighted by molar-refractivity contribution is 0.0956. The molecule has 1 aromatic carbocycles. The minimum atomic E-state index is -0.111. The summed E-state index contributed by atoms with van der Waals surface area (Å²) >= 11 is 6.21. The van der Waals surface area contributed by atoms with Gasteiger partial charge in [-0.2, -0.15) is 5.10 Å². The molecular weight excluding hydrogens is 312 g/mol. The maximum atomic E-state index is 12.4. The molecule has 0 bridgehead atoms. The van der Waals surface area contributed by atoms with Gasteiger partial charge >= 0.3 is 0 Å². The zero-order valence-corrected chi connectivity index (χ0v) is 13.7. The Hall–Kier alpha value is -2.11. The minimum Gasteiger partial charge on any atom is -0.348 e. The van der Waals surface area contributed by atoms with Gasteiger partial charge in [0.1, 0.15) is 0 Å². The van der Waals surface area contributed by atoms with Crippen LogP contribution in [0.3, 0.4) is 0 Å². The fraction of sp³-hybridized carbons (Fsp3) is 0.294. The number of para-hydroxylation sites is 1. The van der Waals surface area contributed by atoms with Crippen molar-refractivity contribution in [1.29, 1.82) is 0 Å². The van der Waals surface area contributed by atoms with Crippen molar-refractivity contribution in [2.24, 2.45) is 0 Å². The number of nitrogens with one attached hydrogen (secondary N) is 2. The van der Waals surface area contributed by atoms with Gasteiger partial charge in [-0.15, -0.1) is 0 Å². The molecule has 0 saturated heterocycles. The number of halogens is 1. The molecule has 120 valence electrons. The fourth-order valence-corrected chi connectivity index (χ4v) is 2.83. The van der Waals surface area contributed by atoms with Crippen LogP contribution in [0, 0.1) is 6.92 Å². The largest absolute Gasteiger partial charge is 0.348 e. The number of benzene rings is 1. The molecule has 0 radical (unpaired) electrons. The van der Waals surface area contributed by atoms with E-state index in [1.165, 1.54) is 5.57 Å². The average molecular weight is 331 g/mol. The first-order valence-electron chi connectivity index (χ1n) is 7.63. The van der Waals surface area contributed by atoms with Crippen molar-refractivity contribution in [2.75, 3.05) is 19.6 Å². The molecule has 0 aliphatic carbocycles. The van der Waals surface area contributed by atoms with E-state index < -0.39 is 0 Å². The topological polar surface area (TPSA) is 59.0 Å². The maximum absolute atomic E-state index is 12.4. The molecule has 0 saturated carbocycles. The van der Waals surface area contributed by atoms with Crippen molar-refractivity contribution in [3.8, 4) is 5.69 Å². The summed E-state index contributed by atoms with van der Waals surface area (Å²) in [5.41, 5.74) is 3.37. The third-order valence-electron chi connectivity index (χ3n) is 3.97. The van der Waals surface area contributed by atoms with Gasteiger partial charge in [-0.05, 0) is 32.0 Å². The molecule has 1 amide bonds. The first-order valence-corrected chi connectivity index (χ1v) is 8.01. The summed E-state index contributed by atoms with van der Waals surface area (Å²) in [5.74, 6) is -0.111. The average Bonchev–Trinajstić information content (AvgIpc) is 2.95. The molecule has 2 N–H and O–H groups in total. The first kappa shape index (κ1) is 15.8. The summed E-state index contributed by atoms with van der Waals surface area (Å²) in [6.45, 7) is 4.28. The van der Waals surface area contributed by atoms with Crippen LogP contribution in [0.25, 0.3) is 5.69 Å². The van der Waals surface area contributed by atoms with Gasteiger partial charge in [-0.3, -0.25) is 4.79 Å². The van der Waals surface area contributed by atoms with Crippen molar-refractivity contribution >= 4 is 17.5 Å². The molecule has 0 spiro atoms. The van der Waals surface area contributed by atoms with Crippen molar-refractivity contribution in [1.82, 2.24) is 20.4 Å². The minimum absolute atomic E-state index is 0.111. The Morgan fingerprint density at radius 3 is 3.00 bits per heavy atom. The highest BCUT2D eigenvalue weighted by molar-refractivity contribution is 6.32. The van der Waals surface area contributed by atoms with E-state index in [0.29, 0.717) is 17.1 Å². The quantitative estimate of drug-likeness (QED) is 0.847. The van der Waals surface area contributed by atoms with Crippen LogP contribution in [0.5, 0.6) is 0 Å². The number of amides is 1. The Bertz CT molecular complexity index is 751. The van der Waals surface area contributed by atoms with Crippen LogP contribution in [-0.2, 0) is 0 Å². The van der Waals surface area contributed by atoms with Crippen molar-refractivity contribution in [2.45, 2.75) is 13.3 Å².